The lowest BCUT2D eigenvalue weighted by atomic mass is 9.91. The van der Waals surface area contributed by atoms with Gasteiger partial charge in [0, 0.05) is 0 Å². The van der Waals surface area contributed by atoms with E-state index in [1.807, 2.05) is 13.8 Å². The molecule has 0 aromatic heterocycles. The first-order valence-electron chi connectivity index (χ1n) is 6.68. The van der Waals surface area contributed by atoms with E-state index in [0.717, 1.165) is 12.8 Å². The lowest BCUT2D eigenvalue weighted by Crippen LogP contribution is -2.46. The number of aliphatic hydroxyl groups excluding tert-OH is 1. The number of unbranched alkanes of at least 4 members (excludes halogenated alkanes) is 3. The second-order valence-electron chi connectivity index (χ2n) is 5.56. The molecule has 2 rings (SSSR count). The second-order valence-corrected chi connectivity index (χ2v) is 5.56. The first-order chi connectivity index (χ1) is 8.00. The quantitative estimate of drug-likeness (QED) is 0.753. The van der Waals surface area contributed by atoms with Crippen molar-refractivity contribution in [2.24, 2.45) is 0 Å². The van der Waals surface area contributed by atoms with Crippen LogP contribution in [0.25, 0.3) is 0 Å². The Bertz CT molecular complexity index is 266. The van der Waals surface area contributed by atoms with Crippen LogP contribution in [-0.2, 0) is 14.2 Å². The van der Waals surface area contributed by atoms with E-state index in [1.165, 1.54) is 19.3 Å². The van der Waals surface area contributed by atoms with Crippen molar-refractivity contribution in [2.75, 3.05) is 6.61 Å². The maximum Gasteiger partial charge on any atom is 0.186 e. The standard InChI is InChI=1S/C13H24O4/c1-4-5-6-7-8-13-10(9-15-11(13)14)16-12(2,3)17-13/h10-11,14H,4-9H2,1-3H3/t10-,11?,13-/m1/s1. The molecule has 0 saturated carbocycles. The summed E-state index contributed by atoms with van der Waals surface area (Å²) in [5, 5.41) is 10.0. The molecule has 1 N–H and O–H groups in total. The zero-order valence-corrected chi connectivity index (χ0v) is 11.1. The Balaban J connectivity index is 1.98. The molecule has 2 heterocycles. The minimum absolute atomic E-state index is 0.130. The summed E-state index contributed by atoms with van der Waals surface area (Å²) in [6, 6.07) is 0. The summed E-state index contributed by atoms with van der Waals surface area (Å²) >= 11 is 0. The predicted octanol–water partition coefficient (Wildman–Crippen LogP) is 2.20. The Kier molecular flexibility index (Phi) is 3.78. The normalized spacial score (nSPS) is 39.5. The van der Waals surface area contributed by atoms with Gasteiger partial charge in [0.25, 0.3) is 0 Å². The van der Waals surface area contributed by atoms with Crippen LogP contribution in [0.4, 0.5) is 0 Å². The van der Waals surface area contributed by atoms with Crippen molar-refractivity contribution < 1.29 is 19.3 Å². The van der Waals surface area contributed by atoms with Crippen molar-refractivity contribution in [1.29, 1.82) is 0 Å². The van der Waals surface area contributed by atoms with Crippen molar-refractivity contribution in [3.8, 4) is 0 Å². The van der Waals surface area contributed by atoms with Crippen LogP contribution in [-0.4, -0.2) is 35.5 Å². The molecule has 2 fully saturated rings. The highest BCUT2D eigenvalue weighted by Crippen LogP contribution is 2.46. The Hall–Kier alpha value is -0.160. The summed E-state index contributed by atoms with van der Waals surface area (Å²) in [5.41, 5.74) is -0.642. The van der Waals surface area contributed by atoms with E-state index >= 15 is 0 Å². The molecule has 4 heteroatoms. The lowest BCUT2D eigenvalue weighted by molar-refractivity contribution is -0.238. The van der Waals surface area contributed by atoms with Crippen molar-refractivity contribution in [3.05, 3.63) is 0 Å². The molecular weight excluding hydrogens is 220 g/mol. The van der Waals surface area contributed by atoms with Crippen LogP contribution in [0.2, 0.25) is 0 Å². The molecule has 0 aromatic rings. The van der Waals surface area contributed by atoms with Crippen LogP contribution in [0.5, 0.6) is 0 Å². The van der Waals surface area contributed by atoms with Crippen LogP contribution in [0, 0.1) is 0 Å². The van der Waals surface area contributed by atoms with Crippen LogP contribution in [0.3, 0.4) is 0 Å². The van der Waals surface area contributed by atoms with Crippen molar-refractivity contribution in [2.45, 2.75) is 76.7 Å². The van der Waals surface area contributed by atoms with Gasteiger partial charge in [0.1, 0.15) is 6.10 Å². The van der Waals surface area contributed by atoms with E-state index in [4.69, 9.17) is 14.2 Å². The largest absolute Gasteiger partial charge is 0.366 e. The van der Waals surface area contributed by atoms with Crippen LogP contribution in [0.1, 0.15) is 52.9 Å². The van der Waals surface area contributed by atoms with Crippen LogP contribution in [0.15, 0.2) is 0 Å². The zero-order chi connectivity index (χ0) is 12.5. The molecule has 17 heavy (non-hydrogen) atoms. The van der Waals surface area contributed by atoms with Crippen molar-refractivity contribution in [1.82, 2.24) is 0 Å². The maximum absolute atomic E-state index is 10.0. The first-order valence-corrected chi connectivity index (χ1v) is 6.68. The van der Waals surface area contributed by atoms with Crippen LogP contribution >= 0.6 is 0 Å². The highest BCUT2D eigenvalue weighted by molar-refractivity contribution is 5.02. The molecule has 2 aliphatic rings. The van der Waals surface area contributed by atoms with Gasteiger partial charge in [-0.15, -0.1) is 0 Å². The van der Waals surface area contributed by atoms with E-state index in [9.17, 15) is 5.11 Å². The highest BCUT2D eigenvalue weighted by atomic mass is 16.8. The number of hydrogen-bond acceptors (Lipinski definition) is 4. The summed E-state index contributed by atoms with van der Waals surface area (Å²) in [6.07, 6.45) is 4.47. The lowest BCUT2D eigenvalue weighted by Gasteiger charge is -2.30. The minimum atomic E-state index is -0.851. The summed E-state index contributed by atoms with van der Waals surface area (Å²) in [4.78, 5) is 0. The third-order valence-electron chi connectivity index (χ3n) is 3.65. The molecule has 0 bridgehead atoms. The number of aliphatic hydroxyl groups is 1. The predicted molar refractivity (Wildman–Crippen MR) is 63.5 cm³/mol. The SMILES string of the molecule is CCCCCC[C@@]12OC(C)(C)O[C@@H]1COC2O. The summed E-state index contributed by atoms with van der Waals surface area (Å²) in [5.74, 6) is -0.611. The van der Waals surface area contributed by atoms with Gasteiger partial charge in [-0.3, -0.25) is 0 Å². The summed E-state index contributed by atoms with van der Waals surface area (Å²) < 4.78 is 17.0. The fourth-order valence-corrected chi connectivity index (χ4v) is 2.86. The van der Waals surface area contributed by atoms with Crippen molar-refractivity contribution >= 4 is 0 Å². The minimum Gasteiger partial charge on any atom is -0.366 e. The molecule has 0 aliphatic carbocycles. The number of ether oxygens (including phenoxy) is 3. The fraction of sp³-hybridized carbons (Fsp3) is 1.00. The third-order valence-corrected chi connectivity index (χ3v) is 3.65. The summed E-state index contributed by atoms with van der Waals surface area (Å²) in [7, 11) is 0. The Morgan fingerprint density at radius 3 is 2.71 bits per heavy atom. The molecule has 3 atom stereocenters. The molecular formula is C13H24O4. The summed E-state index contributed by atoms with van der Waals surface area (Å²) in [6.45, 7) is 6.41. The topological polar surface area (TPSA) is 47.9 Å². The van der Waals surface area contributed by atoms with E-state index in [-0.39, 0.29) is 6.10 Å². The molecule has 0 radical (unpaired) electrons. The third kappa shape index (κ3) is 2.50. The fourth-order valence-electron chi connectivity index (χ4n) is 2.86. The van der Waals surface area contributed by atoms with Gasteiger partial charge in [0.15, 0.2) is 17.7 Å². The average Bonchev–Trinajstić information content (AvgIpc) is 2.67. The maximum atomic E-state index is 10.0. The van der Waals surface area contributed by atoms with Gasteiger partial charge < -0.3 is 19.3 Å². The zero-order valence-electron chi connectivity index (χ0n) is 11.1. The number of fused-ring (bicyclic) bond motifs is 1. The number of rotatable bonds is 5. The monoisotopic (exact) mass is 244 g/mol. The van der Waals surface area contributed by atoms with Gasteiger partial charge in [-0.05, 0) is 20.3 Å². The smallest absolute Gasteiger partial charge is 0.186 e. The average molecular weight is 244 g/mol. The van der Waals surface area contributed by atoms with E-state index in [0.29, 0.717) is 6.61 Å². The molecule has 0 spiro atoms. The number of hydrogen-bond donors (Lipinski definition) is 1. The first kappa shape index (κ1) is 13.3. The van der Waals surface area contributed by atoms with Gasteiger partial charge in [0.05, 0.1) is 6.61 Å². The van der Waals surface area contributed by atoms with Gasteiger partial charge >= 0.3 is 0 Å². The van der Waals surface area contributed by atoms with E-state index in [2.05, 4.69) is 6.92 Å². The van der Waals surface area contributed by atoms with Gasteiger partial charge in [0.2, 0.25) is 0 Å². The molecule has 0 aromatic carbocycles. The Labute approximate surface area is 103 Å². The Morgan fingerprint density at radius 1 is 1.24 bits per heavy atom. The van der Waals surface area contributed by atoms with E-state index < -0.39 is 17.7 Å². The molecule has 0 amide bonds. The van der Waals surface area contributed by atoms with Gasteiger partial charge in [-0.2, -0.15) is 0 Å². The van der Waals surface area contributed by atoms with E-state index in [1.54, 1.807) is 0 Å². The van der Waals surface area contributed by atoms with Gasteiger partial charge in [-0.25, -0.2) is 0 Å². The van der Waals surface area contributed by atoms with Crippen LogP contribution < -0.4 is 0 Å². The highest BCUT2D eigenvalue weighted by Gasteiger charge is 2.61. The second kappa shape index (κ2) is 4.84. The molecule has 2 aliphatic heterocycles. The molecule has 1 unspecified atom stereocenters. The molecule has 2 saturated heterocycles. The Morgan fingerprint density at radius 2 is 2.00 bits per heavy atom. The molecule has 100 valence electrons. The molecule has 4 nitrogen and oxygen atoms in total. The van der Waals surface area contributed by atoms with Gasteiger partial charge in [-0.1, -0.05) is 32.6 Å². The van der Waals surface area contributed by atoms with Crippen molar-refractivity contribution in [3.63, 3.8) is 0 Å².